The molecule has 0 saturated heterocycles. The van der Waals surface area contributed by atoms with Crippen LogP contribution in [0.25, 0.3) is 0 Å². The summed E-state index contributed by atoms with van der Waals surface area (Å²) >= 11 is 0. The van der Waals surface area contributed by atoms with Crippen molar-refractivity contribution in [1.29, 1.82) is 0 Å². The molecule has 0 radical (unpaired) electrons. The maximum absolute atomic E-state index is 13.8. The Bertz CT molecular complexity index is 1350. The first-order chi connectivity index (χ1) is 17.5. The molecule has 37 heavy (non-hydrogen) atoms. The van der Waals surface area contributed by atoms with E-state index in [2.05, 4.69) is 25.2 Å². The molecule has 0 aliphatic carbocycles. The number of carbonyl (C=O) groups is 1. The van der Waals surface area contributed by atoms with Gasteiger partial charge in [0.15, 0.2) is 0 Å². The molecule has 0 heterocycles. The van der Waals surface area contributed by atoms with Crippen LogP contribution < -0.4 is 14.4 Å². The second-order valence-electron chi connectivity index (χ2n) is 9.70. The number of ether oxygens (including phenoxy) is 1. The Hall–Kier alpha value is -3.32. The number of sulfonamides is 1. The zero-order valence-electron chi connectivity index (χ0n) is 22.8. The predicted molar refractivity (Wildman–Crippen MR) is 150 cm³/mol. The van der Waals surface area contributed by atoms with E-state index in [9.17, 15) is 13.2 Å². The van der Waals surface area contributed by atoms with Gasteiger partial charge in [-0.15, -0.1) is 0 Å². The van der Waals surface area contributed by atoms with Gasteiger partial charge in [-0.1, -0.05) is 56.7 Å². The van der Waals surface area contributed by atoms with Gasteiger partial charge < -0.3 is 10.1 Å². The summed E-state index contributed by atoms with van der Waals surface area (Å²) in [6, 6.07) is 17.7. The average molecular weight is 523 g/mol. The minimum atomic E-state index is -3.98. The van der Waals surface area contributed by atoms with Gasteiger partial charge in [0, 0.05) is 0 Å². The molecule has 3 aromatic carbocycles. The zero-order valence-corrected chi connectivity index (χ0v) is 23.6. The van der Waals surface area contributed by atoms with Crippen molar-refractivity contribution in [2.45, 2.75) is 64.8 Å². The summed E-state index contributed by atoms with van der Waals surface area (Å²) in [6.07, 6.45) is 0.636. The van der Waals surface area contributed by atoms with E-state index in [0.717, 1.165) is 33.6 Å². The molecule has 1 N–H and O–H groups in total. The number of methoxy groups -OCH3 is 1. The lowest BCUT2D eigenvalue weighted by molar-refractivity contribution is -0.120. The quantitative estimate of drug-likeness (QED) is 0.351. The van der Waals surface area contributed by atoms with Crippen LogP contribution in [0, 0.1) is 13.8 Å². The molecular weight excluding hydrogens is 484 g/mol. The lowest BCUT2D eigenvalue weighted by Gasteiger charge is -2.27. The Balaban J connectivity index is 1.95. The molecule has 3 rings (SSSR count). The lowest BCUT2D eigenvalue weighted by Crippen LogP contribution is -2.42. The van der Waals surface area contributed by atoms with Crippen LogP contribution in [0.4, 0.5) is 5.69 Å². The van der Waals surface area contributed by atoms with Crippen LogP contribution >= 0.6 is 0 Å². The van der Waals surface area contributed by atoms with Gasteiger partial charge in [0.25, 0.3) is 10.0 Å². The molecule has 0 aromatic heterocycles. The Morgan fingerprint density at radius 3 is 2.22 bits per heavy atom. The number of hydrogen-bond donors (Lipinski definition) is 1. The smallest absolute Gasteiger partial charge is 0.264 e. The van der Waals surface area contributed by atoms with E-state index in [4.69, 9.17) is 4.74 Å². The van der Waals surface area contributed by atoms with Crippen molar-refractivity contribution in [3.8, 4) is 5.75 Å². The minimum Gasteiger partial charge on any atom is -0.496 e. The number of nitrogens with one attached hydrogen (secondary N) is 1. The van der Waals surface area contributed by atoms with E-state index < -0.39 is 10.0 Å². The Labute approximate surface area is 221 Å². The number of nitrogens with zero attached hydrogens (tertiary/aromatic N) is 1. The molecule has 0 bridgehead atoms. The van der Waals surface area contributed by atoms with Gasteiger partial charge in [0.05, 0.1) is 23.7 Å². The number of carbonyl (C=O) groups excluding carboxylic acids is 1. The average Bonchev–Trinajstić information content (AvgIpc) is 2.86. The monoisotopic (exact) mass is 522 g/mol. The molecule has 0 aliphatic heterocycles. The highest BCUT2D eigenvalue weighted by Crippen LogP contribution is 2.32. The largest absolute Gasteiger partial charge is 0.496 e. The predicted octanol–water partition coefficient (Wildman–Crippen LogP) is 6.07. The Morgan fingerprint density at radius 1 is 0.973 bits per heavy atom. The number of hydrogen-bond acceptors (Lipinski definition) is 4. The van der Waals surface area contributed by atoms with E-state index >= 15 is 0 Å². The molecule has 0 fully saturated rings. The lowest BCUT2D eigenvalue weighted by atomic mass is 9.93. The SMILES string of the molecule is CCc1ccccc1N(CC(=O)NC(C)c1cc(C(C)C)c(OC)cc1C)S(=O)(=O)c1ccc(C)cc1. The number of aryl methyl sites for hydroxylation is 3. The van der Waals surface area contributed by atoms with Gasteiger partial charge in [-0.2, -0.15) is 0 Å². The van der Waals surface area contributed by atoms with Crippen molar-refractivity contribution in [1.82, 2.24) is 5.32 Å². The van der Waals surface area contributed by atoms with Crippen LogP contribution in [0.15, 0.2) is 65.6 Å². The number of para-hydroxylation sites is 1. The maximum Gasteiger partial charge on any atom is 0.264 e. The van der Waals surface area contributed by atoms with E-state index in [1.165, 1.54) is 4.31 Å². The van der Waals surface area contributed by atoms with Crippen LogP contribution in [0.1, 0.15) is 67.5 Å². The van der Waals surface area contributed by atoms with Crippen molar-refractivity contribution >= 4 is 21.6 Å². The number of anilines is 1. The fraction of sp³-hybridized carbons (Fsp3) is 0.367. The van der Waals surface area contributed by atoms with Gasteiger partial charge in [-0.3, -0.25) is 9.10 Å². The van der Waals surface area contributed by atoms with E-state index in [1.54, 1.807) is 43.5 Å². The first kappa shape index (κ1) is 28.3. The summed E-state index contributed by atoms with van der Waals surface area (Å²) in [7, 11) is -2.32. The highest BCUT2D eigenvalue weighted by Gasteiger charge is 2.29. The molecule has 198 valence electrons. The molecule has 7 heteroatoms. The van der Waals surface area contributed by atoms with E-state index in [0.29, 0.717) is 12.1 Å². The number of benzene rings is 3. The van der Waals surface area contributed by atoms with Crippen LogP contribution in [0.2, 0.25) is 0 Å². The summed E-state index contributed by atoms with van der Waals surface area (Å²) in [5.74, 6) is 0.689. The topological polar surface area (TPSA) is 75.7 Å². The Morgan fingerprint density at radius 2 is 1.62 bits per heavy atom. The second-order valence-corrected chi connectivity index (χ2v) is 11.6. The van der Waals surface area contributed by atoms with Crippen molar-refractivity contribution in [3.63, 3.8) is 0 Å². The fourth-order valence-corrected chi connectivity index (χ4v) is 5.95. The van der Waals surface area contributed by atoms with Gasteiger partial charge >= 0.3 is 0 Å². The molecule has 1 amide bonds. The van der Waals surface area contributed by atoms with Crippen LogP contribution in [0.5, 0.6) is 5.75 Å². The molecule has 3 aromatic rings. The highest BCUT2D eigenvalue weighted by atomic mass is 32.2. The van der Waals surface area contributed by atoms with Crippen molar-refractivity contribution in [2.24, 2.45) is 0 Å². The third kappa shape index (κ3) is 6.34. The highest BCUT2D eigenvalue weighted by molar-refractivity contribution is 7.92. The van der Waals surface area contributed by atoms with E-state index in [1.807, 2.05) is 45.9 Å². The third-order valence-corrected chi connectivity index (χ3v) is 8.40. The summed E-state index contributed by atoms with van der Waals surface area (Å²) in [4.78, 5) is 13.5. The molecule has 0 aliphatic rings. The second kappa shape index (κ2) is 11.8. The first-order valence-electron chi connectivity index (χ1n) is 12.6. The van der Waals surface area contributed by atoms with Crippen LogP contribution in [-0.2, 0) is 21.2 Å². The van der Waals surface area contributed by atoms with Gasteiger partial charge in [-0.25, -0.2) is 8.42 Å². The standard InChI is InChI=1S/C30H38N2O4S/c1-8-24-11-9-10-12-28(24)32(37(34,35)25-15-13-21(4)14-16-25)19-30(33)31-23(6)27-18-26(20(2)3)29(36-7)17-22(27)5/h9-18,20,23H,8,19H2,1-7H3,(H,31,33). The summed E-state index contributed by atoms with van der Waals surface area (Å²) in [5, 5.41) is 3.03. The Kier molecular flexibility index (Phi) is 9.02. The van der Waals surface area contributed by atoms with E-state index in [-0.39, 0.29) is 29.3 Å². The first-order valence-corrected chi connectivity index (χ1v) is 14.1. The molecule has 0 saturated carbocycles. The van der Waals surface area contributed by atoms with Gasteiger partial charge in [0.2, 0.25) is 5.91 Å². The van der Waals surface area contributed by atoms with Crippen molar-refractivity contribution in [2.75, 3.05) is 18.0 Å². The maximum atomic E-state index is 13.8. The third-order valence-electron chi connectivity index (χ3n) is 6.62. The normalized spacial score (nSPS) is 12.3. The summed E-state index contributed by atoms with van der Waals surface area (Å²) in [6.45, 7) is 11.6. The molecule has 6 nitrogen and oxygen atoms in total. The van der Waals surface area contributed by atoms with Crippen molar-refractivity contribution < 1.29 is 17.9 Å². The van der Waals surface area contributed by atoms with Gasteiger partial charge in [-0.05, 0) is 85.7 Å². The summed E-state index contributed by atoms with van der Waals surface area (Å²) in [5.41, 5.74) is 5.35. The van der Waals surface area contributed by atoms with Crippen molar-refractivity contribution in [3.05, 3.63) is 88.5 Å². The van der Waals surface area contributed by atoms with Crippen LogP contribution in [-0.4, -0.2) is 28.0 Å². The number of rotatable bonds is 10. The minimum absolute atomic E-state index is 0.150. The van der Waals surface area contributed by atoms with Crippen LogP contribution in [0.3, 0.4) is 0 Å². The van der Waals surface area contributed by atoms with Gasteiger partial charge in [0.1, 0.15) is 12.3 Å². The number of amides is 1. The zero-order chi connectivity index (χ0) is 27.3. The molecular formula is C30H38N2O4S. The fourth-order valence-electron chi connectivity index (χ4n) is 4.50. The molecule has 1 unspecified atom stereocenters. The summed E-state index contributed by atoms with van der Waals surface area (Å²) < 4.78 is 34.3. The molecule has 0 spiro atoms. The molecule has 1 atom stereocenters.